The van der Waals surface area contributed by atoms with Gasteiger partial charge in [0.05, 0.1) is 0 Å². The first kappa shape index (κ1) is 12.7. The Morgan fingerprint density at radius 1 is 1.41 bits per heavy atom. The fraction of sp³-hybridized carbons (Fsp3) is 0.615. The molecule has 0 saturated carbocycles. The lowest BCUT2D eigenvalue weighted by atomic mass is 9.82. The lowest BCUT2D eigenvalue weighted by molar-refractivity contribution is 0.255. The minimum atomic E-state index is 0. The molecule has 2 aliphatic rings. The first-order valence-electron chi connectivity index (χ1n) is 6.23. The van der Waals surface area contributed by atoms with E-state index in [-0.39, 0.29) is 18.0 Å². The van der Waals surface area contributed by atoms with Gasteiger partial charge in [-0.15, -0.1) is 12.4 Å². The van der Waals surface area contributed by atoms with E-state index in [0.717, 1.165) is 26.1 Å². The van der Waals surface area contributed by atoms with Crippen LogP contribution < -0.4 is 10.9 Å². The molecule has 1 fully saturated rings. The maximum absolute atomic E-state index is 11.9. The Balaban J connectivity index is 0.00000108. The number of aromatic nitrogens is 1. The van der Waals surface area contributed by atoms with Gasteiger partial charge < -0.3 is 9.88 Å². The molecule has 2 atom stereocenters. The Hall–Kier alpha value is -0.800. The van der Waals surface area contributed by atoms with Crippen LogP contribution in [0.3, 0.4) is 0 Å². The fourth-order valence-corrected chi connectivity index (χ4v) is 3.25. The molecule has 2 bridgehead atoms. The van der Waals surface area contributed by atoms with Crippen molar-refractivity contribution in [1.29, 1.82) is 0 Å². The molecule has 2 unspecified atom stereocenters. The van der Waals surface area contributed by atoms with Gasteiger partial charge in [-0.2, -0.15) is 0 Å². The Morgan fingerprint density at radius 2 is 2.24 bits per heavy atom. The summed E-state index contributed by atoms with van der Waals surface area (Å²) in [4.78, 5) is 11.9. The van der Waals surface area contributed by atoms with Crippen LogP contribution in [0.1, 0.15) is 30.5 Å². The van der Waals surface area contributed by atoms with Crippen LogP contribution in [-0.4, -0.2) is 17.7 Å². The molecule has 3 rings (SSSR count). The first-order chi connectivity index (χ1) is 7.79. The third-order valence-corrected chi connectivity index (χ3v) is 3.96. The summed E-state index contributed by atoms with van der Waals surface area (Å²) >= 11 is 0. The highest BCUT2D eigenvalue weighted by Gasteiger charge is 2.31. The van der Waals surface area contributed by atoms with Crippen molar-refractivity contribution in [1.82, 2.24) is 9.88 Å². The van der Waals surface area contributed by atoms with Crippen LogP contribution in [0, 0.1) is 5.92 Å². The van der Waals surface area contributed by atoms with E-state index in [4.69, 9.17) is 0 Å². The molecule has 0 amide bonds. The molecule has 1 aromatic heterocycles. The molecule has 3 nitrogen and oxygen atoms in total. The van der Waals surface area contributed by atoms with Crippen molar-refractivity contribution in [3.63, 3.8) is 0 Å². The summed E-state index contributed by atoms with van der Waals surface area (Å²) in [7, 11) is 0. The van der Waals surface area contributed by atoms with Gasteiger partial charge in [0.15, 0.2) is 0 Å². The molecule has 1 aromatic rings. The van der Waals surface area contributed by atoms with Crippen LogP contribution in [-0.2, 0) is 13.0 Å². The third-order valence-electron chi connectivity index (χ3n) is 3.96. The van der Waals surface area contributed by atoms with Crippen molar-refractivity contribution in [2.75, 3.05) is 13.1 Å². The van der Waals surface area contributed by atoms with Crippen molar-refractivity contribution in [3.8, 4) is 0 Å². The molecule has 94 valence electrons. The molecule has 17 heavy (non-hydrogen) atoms. The minimum Gasteiger partial charge on any atom is -0.316 e. The molecule has 0 radical (unpaired) electrons. The molecule has 1 saturated heterocycles. The van der Waals surface area contributed by atoms with E-state index in [9.17, 15) is 4.79 Å². The van der Waals surface area contributed by atoms with Gasteiger partial charge in [-0.25, -0.2) is 0 Å². The summed E-state index contributed by atoms with van der Waals surface area (Å²) in [6.45, 7) is 5.18. The number of nitrogens with one attached hydrogen (secondary N) is 1. The SMILES string of the molecule is CCc1ccc(=O)n2c1C1CNCC(C1)C2.Cl. The van der Waals surface area contributed by atoms with E-state index >= 15 is 0 Å². The van der Waals surface area contributed by atoms with Crippen molar-refractivity contribution in [2.24, 2.45) is 5.92 Å². The lowest BCUT2D eigenvalue weighted by Gasteiger charge is -2.38. The number of piperidine rings is 1. The largest absolute Gasteiger partial charge is 0.316 e. The quantitative estimate of drug-likeness (QED) is 0.825. The van der Waals surface area contributed by atoms with Crippen molar-refractivity contribution < 1.29 is 0 Å². The average Bonchev–Trinajstić information content (AvgIpc) is 2.31. The summed E-state index contributed by atoms with van der Waals surface area (Å²) in [5.41, 5.74) is 2.84. The van der Waals surface area contributed by atoms with Crippen LogP contribution in [0.2, 0.25) is 0 Å². The molecule has 0 aromatic carbocycles. The molecular formula is C13H19ClN2O. The number of fused-ring (bicyclic) bond motifs is 4. The van der Waals surface area contributed by atoms with Gasteiger partial charge in [-0.1, -0.05) is 13.0 Å². The number of hydrogen-bond donors (Lipinski definition) is 1. The second kappa shape index (κ2) is 4.83. The Bertz CT molecular complexity index is 469. The van der Waals surface area contributed by atoms with Gasteiger partial charge in [0.1, 0.15) is 0 Å². The van der Waals surface area contributed by atoms with Gasteiger partial charge in [0.25, 0.3) is 5.56 Å². The summed E-state index contributed by atoms with van der Waals surface area (Å²) in [6, 6.07) is 3.75. The summed E-state index contributed by atoms with van der Waals surface area (Å²) in [5, 5.41) is 3.48. The molecule has 2 aliphatic heterocycles. The van der Waals surface area contributed by atoms with E-state index in [1.54, 1.807) is 6.07 Å². The fourth-order valence-electron chi connectivity index (χ4n) is 3.25. The second-order valence-corrected chi connectivity index (χ2v) is 5.00. The lowest BCUT2D eigenvalue weighted by Crippen LogP contribution is -2.45. The highest BCUT2D eigenvalue weighted by Crippen LogP contribution is 2.33. The molecule has 0 spiro atoms. The number of aryl methyl sites for hydroxylation is 1. The van der Waals surface area contributed by atoms with E-state index < -0.39 is 0 Å². The summed E-state index contributed by atoms with van der Waals surface area (Å²) in [5.74, 6) is 1.20. The molecule has 0 aliphatic carbocycles. The van der Waals surface area contributed by atoms with Gasteiger partial charge in [-0.3, -0.25) is 4.79 Å². The maximum Gasteiger partial charge on any atom is 0.250 e. The Morgan fingerprint density at radius 3 is 3.00 bits per heavy atom. The van der Waals surface area contributed by atoms with Crippen LogP contribution in [0.15, 0.2) is 16.9 Å². The maximum atomic E-state index is 11.9. The predicted molar refractivity (Wildman–Crippen MR) is 71.0 cm³/mol. The van der Waals surface area contributed by atoms with E-state index in [1.165, 1.54) is 17.7 Å². The zero-order chi connectivity index (χ0) is 11.1. The number of rotatable bonds is 1. The standard InChI is InChI=1S/C13H18N2O.ClH/c1-2-10-3-4-12(16)15-8-9-5-11(13(10)15)7-14-6-9;/h3-4,9,11,14H,2,5-8H2,1H3;1H. The molecule has 4 heteroatoms. The van der Waals surface area contributed by atoms with Crippen LogP contribution in [0.4, 0.5) is 0 Å². The number of pyridine rings is 1. The van der Waals surface area contributed by atoms with Gasteiger partial charge in [0.2, 0.25) is 0 Å². The van der Waals surface area contributed by atoms with Crippen molar-refractivity contribution in [2.45, 2.75) is 32.2 Å². The Kier molecular flexibility index (Phi) is 3.59. The number of hydrogen-bond acceptors (Lipinski definition) is 2. The minimum absolute atomic E-state index is 0. The van der Waals surface area contributed by atoms with Gasteiger partial charge >= 0.3 is 0 Å². The zero-order valence-electron chi connectivity index (χ0n) is 10.1. The number of halogens is 1. The molecule has 3 heterocycles. The molecule has 1 N–H and O–H groups in total. The monoisotopic (exact) mass is 254 g/mol. The van der Waals surface area contributed by atoms with Gasteiger partial charge in [0, 0.05) is 30.8 Å². The van der Waals surface area contributed by atoms with Crippen LogP contribution in [0.25, 0.3) is 0 Å². The summed E-state index contributed by atoms with van der Waals surface area (Å²) < 4.78 is 2.03. The predicted octanol–water partition coefficient (Wildman–Crippen LogP) is 1.54. The highest BCUT2D eigenvalue weighted by molar-refractivity contribution is 5.85. The topological polar surface area (TPSA) is 34.0 Å². The van der Waals surface area contributed by atoms with E-state index in [1.807, 2.05) is 10.6 Å². The Labute approximate surface area is 108 Å². The highest BCUT2D eigenvalue weighted by atomic mass is 35.5. The average molecular weight is 255 g/mol. The van der Waals surface area contributed by atoms with Crippen molar-refractivity contribution in [3.05, 3.63) is 33.7 Å². The van der Waals surface area contributed by atoms with E-state index in [2.05, 4.69) is 12.2 Å². The second-order valence-electron chi connectivity index (χ2n) is 5.00. The van der Waals surface area contributed by atoms with Crippen molar-refractivity contribution >= 4 is 12.4 Å². The summed E-state index contributed by atoms with van der Waals surface area (Å²) in [6.07, 6.45) is 2.28. The third kappa shape index (κ3) is 2.02. The van der Waals surface area contributed by atoms with Crippen LogP contribution in [0.5, 0.6) is 0 Å². The normalized spacial score (nSPS) is 25.9. The number of nitrogens with zero attached hydrogens (tertiary/aromatic N) is 1. The molecular weight excluding hydrogens is 236 g/mol. The van der Waals surface area contributed by atoms with Crippen LogP contribution >= 0.6 is 12.4 Å². The zero-order valence-corrected chi connectivity index (χ0v) is 10.9. The van der Waals surface area contributed by atoms with Gasteiger partial charge in [-0.05, 0) is 30.9 Å². The first-order valence-corrected chi connectivity index (χ1v) is 6.23. The smallest absolute Gasteiger partial charge is 0.250 e. The van der Waals surface area contributed by atoms with E-state index in [0.29, 0.717) is 11.8 Å².